The third-order valence-electron chi connectivity index (χ3n) is 6.04. The Hall–Kier alpha value is -2.97. The van der Waals surface area contributed by atoms with Crippen LogP contribution < -0.4 is 16.2 Å². The summed E-state index contributed by atoms with van der Waals surface area (Å²) in [4.78, 5) is 47.4. The second kappa shape index (κ2) is 9.72. The molecular formula is C20H25N7O5S2. The number of hydrogen-bond donors (Lipinski definition) is 2. The van der Waals surface area contributed by atoms with E-state index in [2.05, 4.69) is 26.9 Å². The van der Waals surface area contributed by atoms with Crippen LogP contribution in [0.1, 0.15) is 18.7 Å². The lowest BCUT2D eigenvalue weighted by molar-refractivity contribution is -0.891. The van der Waals surface area contributed by atoms with E-state index in [1.54, 1.807) is 6.08 Å². The lowest BCUT2D eigenvalue weighted by Gasteiger charge is -2.50. The molecule has 1 aromatic rings. The molecule has 3 aliphatic heterocycles. The average Bonchev–Trinajstić information content (AvgIpc) is 3.43. The fourth-order valence-electron chi connectivity index (χ4n) is 4.31. The van der Waals surface area contributed by atoms with E-state index in [9.17, 15) is 19.5 Å². The van der Waals surface area contributed by atoms with Gasteiger partial charge < -0.3 is 30.3 Å². The van der Waals surface area contributed by atoms with Crippen molar-refractivity contribution in [2.45, 2.75) is 24.3 Å². The van der Waals surface area contributed by atoms with E-state index in [1.165, 1.54) is 36.6 Å². The van der Waals surface area contributed by atoms with Crippen LogP contribution in [0.15, 0.2) is 28.6 Å². The number of carbonyl (C=O) groups is 3. The Morgan fingerprint density at radius 2 is 2.15 bits per heavy atom. The Morgan fingerprint density at radius 1 is 1.41 bits per heavy atom. The Labute approximate surface area is 204 Å². The molecule has 1 unspecified atom stereocenters. The van der Waals surface area contributed by atoms with Crippen LogP contribution in [-0.2, 0) is 19.2 Å². The van der Waals surface area contributed by atoms with Gasteiger partial charge in [0.2, 0.25) is 11.5 Å². The first-order valence-electron chi connectivity index (χ1n) is 10.6. The van der Waals surface area contributed by atoms with Crippen LogP contribution in [0.25, 0.3) is 0 Å². The molecule has 0 aromatic carbocycles. The number of aromatic nitrogens is 2. The third-order valence-corrected chi connectivity index (χ3v) is 7.88. The lowest BCUT2D eigenvalue weighted by Crippen LogP contribution is -2.71. The Morgan fingerprint density at radius 3 is 2.76 bits per heavy atom. The minimum Gasteiger partial charge on any atom is -0.543 e. The van der Waals surface area contributed by atoms with Crippen molar-refractivity contribution in [1.82, 2.24) is 19.6 Å². The highest BCUT2D eigenvalue weighted by Gasteiger charge is 2.53. The summed E-state index contributed by atoms with van der Waals surface area (Å²) >= 11 is 2.25. The first-order chi connectivity index (χ1) is 16.2. The van der Waals surface area contributed by atoms with Gasteiger partial charge in [-0.25, -0.2) is 0 Å². The van der Waals surface area contributed by atoms with Crippen molar-refractivity contribution >= 4 is 51.9 Å². The first-order valence-corrected chi connectivity index (χ1v) is 12.5. The molecule has 2 saturated heterocycles. The predicted octanol–water partition coefficient (Wildman–Crippen LogP) is -1.33. The van der Waals surface area contributed by atoms with Crippen molar-refractivity contribution in [3.63, 3.8) is 0 Å². The summed E-state index contributed by atoms with van der Waals surface area (Å²) in [5.74, 6) is -2.36. The van der Waals surface area contributed by atoms with E-state index in [4.69, 9.17) is 10.6 Å². The van der Waals surface area contributed by atoms with Crippen molar-refractivity contribution in [1.29, 1.82) is 0 Å². The number of fused-ring (bicyclic) bond motifs is 1. The molecule has 2 fully saturated rings. The maximum atomic E-state index is 12.9. The predicted molar refractivity (Wildman–Crippen MR) is 124 cm³/mol. The molecular weight excluding hydrogens is 482 g/mol. The standard InChI is InChI=1S/C20H25N7O5S2/c1-27(7-3-4-8-27)9-5-6-11-10-33-18-13(17(29)26(18)14(11)19(30)31)22-16(28)12(24-32-2)15-23-20(21)34-25-15/h5-6,13,18H,3-4,7-10H2,1-2H3,(H3-,21,22,23,25,28,30,31)/t13?,18-/m1/s1. The Bertz CT molecular complexity index is 1090. The average molecular weight is 508 g/mol. The number of amides is 2. The number of anilines is 1. The summed E-state index contributed by atoms with van der Waals surface area (Å²) in [6.45, 7) is 2.98. The number of thioether (sulfide) groups is 1. The van der Waals surface area contributed by atoms with E-state index < -0.39 is 29.2 Å². The van der Waals surface area contributed by atoms with Crippen LogP contribution in [0, 0.1) is 0 Å². The largest absolute Gasteiger partial charge is 0.543 e. The number of carbonyl (C=O) groups excluding carboxylic acids is 3. The number of likely N-dealkylation sites (tertiary alicyclic amines) is 1. The minimum atomic E-state index is -1.42. The summed E-state index contributed by atoms with van der Waals surface area (Å²) in [6, 6.07) is -0.940. The maximum absolute atomic E-state index is 12.9. The first kappa shape index (κ1) is 24.2. The zero-order valence-corrected chi connectivity index (χ0v) is 20.4. The van der Waals surface area contributed by atoms with Gasteiger partial charge in [-0.3, -0.25) is 14.5 Å². The van der Waals surface area contributed by atoms with Gasteiger partial charge in [-0.05, 0) is 11.6 Å². The van der Waals surface area contributed by atoms with Crippen molar-refractivity contribution < 1.29 is 28.8 Å². The summed E-state index contributed by atoms with van der Waals surface area (Å²) in [5, 5.41) is 17.7. The second-order valence-electron chi connectivity index (χ2n) is 8.46. The number of aliphatic carboxylic acids is 1. The number of nitrogens with zero attached hydrogens (tertiary/aromatic N) is 5. The molecule has 0 spiro atoms. The highest BCUT2D eigenvalue weighted by atomic mass is 32.2. The lowest BCUT2D eigenvalue weighted by atomic mass is 10.0. The molecule has 1 aromatic heterocycles. The van der Waals surface area contributed by atoms with Crippen molar-refractivity contribution in [3.8, 4) is 0 Å². The SMILES string of the molecule is CON=C(C(=O)NC1C(=O)N2C(C(=O)[O-])=C(C=CC[N+]3(C)CCCC3)CS[C@H]12)c1nsc(N)n1. The molecule has 2 amide bonds. The van der Waals surface area contributed by atoms with E-state index >= 15 is 0 Å². The van der Waals surface area contributed by atoms with Gasteiger partial charge in [0.05, 0.1) is 38.3 Å². The van der Waals surface area contributed by atoms with Gasteiger partial charge in [0, 0.05) is 30.1 Å². The summed E-state index contributed by atoms with van der Waals surface area (Å²) in [7, 11) is 3.44. The molecule has 12 nitrogen and oxygen atoms in total. The number of nitrogens with two attached hydrogens (primary N) is 1. The highest BCUT2D eigenvalue weighted by molar-refractivity contribution is 8.00. The normalized spacial score (nSPS) is 24.2. The number of nitrogens with one attached hydrogen (secondary N) is 1. The van der Waals surface area contributed by atoms with E-state index in [1.807, 2.05) is 6.08 Å². The fourth-order valence-corrected chi connectivity index (χ4v) is 6.06. The van der Waals surface area contributed by atoms with Crippen molar-refractivity contribution in [3.05, 3.63) is 29.2 Å². The van der Waals surface area contributed by atoms with E-state index in [0.29, 0.717) is 11.3 Å². The van der Waals surface area contributed by atoms with Crippen LogP contribution >= 0.6 is 23.3 Å². The van der Waals surface area contributed by atoms with E-state index in [-0.39, 0.29) is 22.4 Å². The molecule has 3 aliphatic rings. The maximum Gasteiger partial charge on any atom is 0.278 e. The van der Waals surface area contributed by atoms with Gasteiger partial charge >= 0.3 is 0 Å². The van der Waals surface area contributed by atoms with Crippen LogP contribution in [0.3, 0.4) is 0 Å². The van der Waals surface area contributed by atoms with Gasteiger partial charge in [0.15, 0.2) is 5.13 Å². The smallest absolute Gasteiger partial charge is 0.278 e. The van der Waals surface area contributed by atoms with Gasteiger partial charge in [-0.1, -0.05) is 11.2 Å². The van der Waals surface area contributed by atoms with Gasteiger partial charge in [-0.2, -0.15) is 9.36 Å². The number of quaternary nitrogens is 1. The molecule has 3 N–H and O–H groups in total. The molecule has 4 rings (SSSR count). The number of hydrogen-bond acceptors (Lipinski definition) is 11. The summed E-state index contributed by atoms with van der Waals surface area (Å²) in [5.41, 5.74) is 5.71. The molecule has 0 aliphatic carbocycles. The molecule has 34 heavy (non-hydrogen) atoms. The number of oxime groups is 1. The molecule has 2 atom stereocenters. The Balaban J connectivity index is 1.48. The van der Waals surface area contributed by atoms with E-state index in [0.717, 1.165) is 35.6 Å². The zero-order valence-electron chi connectivity index (χ0n) is 18.7. The molecule has 0 radical (unpaired) electrons. The van der Waals surface area contributed by atoms with Crippen molar-refractivity contribution in [2.24, 2.45) is 5.16 Å². The molecule has 4 heterocycles. The molecule has 0 bridgehead atoms. The zero-order chi connectivity index (χ0) is 24.5. The molecule has 14 heteroatoms. The minimum absolute atomic E-state index is 0.0288. The summed E-state index contributed by atoms with van der Waals surface area (Å²) in [6.07, 6.45) is 6.12. The topological polar surface area (TPSA) is 163 Å². The number of β-lactam (4-membered cyclic amide) rings is 1. The summed E-state index contributed by atoms with van der Waals surface area (Å²) < 4.78 is 4.86. The van der Waals surface area contributed by atoms with Crippen molar-refractivity contribution in [2.75, 3.05) is 45.3 Å². The molecule has 0 saturated carbocycles. The fraction of sp³-hybridized carbons (Fsp3) is 0.500. The monoisotopic (exact) mass is 507 g/mol. The Kier molecular flexibility index (Phi) is 6.91. The van der Waals surface area contributed by atoms with Crippen LogP contribution in [-0.4, -0.2) is 93.2 Å². The van der Waals surface area contributed by atoms with Gasteiger partial charge in [0.1, 0.15) is 18.5 Å². The van der Waals surface area contributed by atoms with Gasteiger partial charge in [0.25, 0.3) is 11.8 Å². The number of rotatable bonds is 8. The second-order valence-corrected chi connectivity index (χ2v) is 10.3. The quantitative estimate of drug-likeness (QED) is 0.188. The number of nitrogen functional groups attached to an aromatic ring is 1. The van der Waals surface area contributed by atoms with Crippen LogP contribution in [0.5, 0.6) is 0 Å². The van der Waals surface area contributed by atoms with Gasteiger partial charge in [-0.15, -0.1) is 11.8 Å². The number of allylic oxidation sites excluding steroid dienone is 1. The highest BCUT2D eigenvalue weighted by Crippen LogP contribution is 2.40. The van der Waals surface area contributed by atoms with Crippen LogP contribution in [0.2, 0.25) is 0 Å². The third kappa shape index (κ3) is 4.65. The molecule has 182 valence electrons. The number of carboxylic acids is 1. The number of carboxylic acid groups (broad SMARTS) is 1. The number of likely N-dealkylation sites (N-methyl/N-ethyl adjacent to an activating group) is 1. The van der Waals surface area contributed by atoms with Crippen LogP contribution in [0.4, 0.5) is 5.13 Å².